The number of rotatable bonds is 3. The lowest BCUT2D eigenvalue weighted by Gasteiger charge is -2.38. The van der Waals surface area contributed by atoms with Gasteiger partial charge in [0, 0.05) is 30.2 Å². The van der Waals surface area contributed by atoms with Gasteiger partial charge in [0.05, 0.1) is 17.8 Å². The number of hydrogen-bond acceptors (Lipinski definition) is 3. The van der Waals surface area contributed by atoms with Gasteiger partial charge in [0.15, 0.2) is 0 Å². The molecule has 0 saturated carbocycles. The number of pyridine rings is 1. The van der Waals surface area contributed by atoms with Crippen LogP contribution in [0, 0.1) is 6.92 Å². The van der Waals surface area contributed by atoms with Crippen molar-refractivity contribution in [3.63, 3.8) is 0 Å². The number of likely N-dealkylation sites (tertiary alicyclic amines) is 1. The van der Waals surface area contributed by atoms with Crippen molar-refractivity contribution in [2.75, 3.05) is 6.54 Å². The second kappa shape index (κ2) is 7.23. The number of benzene rings is 1. The fourth-order valence-corrected chi connectivity index (χ4v) is 3.86. The van der Waals surface area contributed by atoms with E-state index in [1.165, 1.54) is 4.90 Å². The van der Waals surface area contributed by atoms with Gasteiger partial charge in [0.25, 0.3) is 0 Å². The number of carboxylic acid groups (broad SMARTS) is 1. The molecule has 1 aromatic carbocycles. The Morgan fingerprint density at radius 2 is 1.96 bits per heavy atom. The Morgan fingerprint density at radius 3 is 2.70 bits per heavy atom. The molecule has 3 aromatic rings. The van der Waals surface area contributed by atoms with E-state index in [-0.39, 0.29) is 12.1 Å². The highest BCUT2D eigenvalue weighted by Crippen LogP contribution is 2.37. The minimum absolute atomic E-state index is 0.155. The first kappa shape index (κ1) is 17.3. The molecule has 0 bridgehead atoms. The third-order valence-electron chi connectivity index (χ3n) is 5.28. The fraction of sp³-hybridized carbons (Fsp3) is 0.286. The van der Waals surface area contributed by atoms with Crippen LogP contribution in [-0.2, 0) is 0 Å². The van der Waals surface area contributed by atoms with E-state index in [4.69, 9.17) is 5.10 Å². The Hall–Kier alpha value is -3.15. The molecule has 2 unspecified atom stereocenters. The highest BCUT2D eigenvalue weighted by molar-refractivity contribution is 5.66. The molecule has 3 heterocycles. The van der Waals surface area contributed by atoms with Crippen LogP contribution in [0.5, 0.6) is 0 Å². The summed E-state index contributed by atoms with van der Waals surface area (Å²) in [6.07, 6.45) is 4.29. The second-order valence-corrected chi connectivity index (χ2v) is 6.90. The molecule has 0 aliphatic carbocycles. The van der Waals surface area contributed by atoms with Gasteiger partial charge in [-0.2, -0.15) is 5.10 Å². The molecule has 1 fully saturated rings. The Bertz CT molecular complexity index is 938. The number of piperidine rings is 1. The van der Waals surface area contributed by atoms with Crippen molar-refractivity contribution in [2.24, 2.45) is 0 Å². The molecule has 1 amide bonds. The molecule has 2 atom stereocenters. The average molecular weight is 362 g/mol. The van der Waals surface area contributed by atoms with E-state index in [2.05, 4.69) is 4.98 Å². The SMILES string of the molecule is Cc1ncccc1C1CC(n2ccc(-c3ccccc3)n2)CCN1C(=O)O. The van der Waals surface area contributed by atoms with Gasteiger partial charge in [-0.1, -0.05) is 36.4 Å². The maximum atomic E-state index is 11.8. The van der Waals surface area contributed by atoms with Crippen molar-refractivity contribution in [3.8, 4) is 11.3 Å². The monoisotopic (exact) mass is 362 g/mol. The summed E-state index contributed by atoms with van der Waals surface area (Å²) in [5, 5.41) is 14.4. The van der Waals surface area contributed by atoms with E-state index in [0.29, 0.717) is 13.0 Å². The predicted octanol–water partition coefficient (Wildman–Crippen LogP) is 4.31. The molecule has 4 rings (SSSR count). The quantitative estimate of drug-likeness (QED) is 0.754. The number of amides is 1. The van der Waals surface area contributed by atoms with Gasteiger partial charge in [0.1, 0.15) is 0 Å². The van der Waals surface area contributed by atoms with Crippen LogP contribution in [0.1, 0.15) is 36.2 Å². The highest BCUT2D eigenvalue weighted by atomic mass is 16.4. The molecule has 1 aliphatic rings. The second-order valence-electron chi connectivity index (χ2n) is 6.90. The minimum atomic E-state index is -0.882. The van der Waals surface area contributed by atoms with Crippen LogP contribution < -0.4 is 0 Å². The van der Waals surface area contributed by atoms with E-state index < -0.39 is 6.09 Å². The molecular formula is C21H22N4O2. The van der Waals surface area contributed by atoms with Gasteiger partial charge in [-0.15, -0.1) is 0 Å². The van der Waals surface area contributed by atoms with Crippen molar-refractivity contribution >= 4 is 6.09 Å². The molecule has 6 nitrogen and oxygen atoms in total. The highest BCUT2D eigenvalue weighted by Gasteiger charge is 2.34. The van der Waals surface area contributed by atoms with Crippen LogP contribution in [0.3, 0.4) is 0 Å². The van der Waals surface area contributed by atoms with Gasteiger partial charge >= 0.3 is 6.09 Å². The summed E-state index contributed by atoms with van der Waals surface area (Å²) in [4.78, 5) is 17.6. The molecule has 2 aromatic heterocycles. The predicted molar refractivity (Wildman–Crippen MR) is 102 cm³/mol. The largest absolute Gasteiger partial charge is 0.465 e. The third kappa shape index (κ3) is 3.43. The lowest BCUT2D eigenvalue weighted by atomic mass is 9.91. The van der Waals surface area contributed by atoms with Crippen molar-refractivity contribution in [1.82, 2.24) is 19.7 Å². The number of hydrogen-bond donors (Lipinski definition) is 1. The summed E-state index contributed by atoms with van der Waals surface area (Å²) < 4.78 is 1.99. The Balaban J connectivity index is 1.61. The zero-order valence-corrected chi connectivity index (χ0v) is 15.2. The molecule has 1 aliphatic heterocycles. The lowest BCUT2D eigenvalue weighted by molar-refractivity contribution is 0.0886. The van der Waals surface area contributed by atoms with Gasteiger partial charge in [-0.05, 0) is 37.5 Å². The third-order valence-corrected chi connectivity index (χ3v) is 5.28. The first-order valence-corrected chi connectivity index (χ1v) is 9.15. The first-order chi connectivity index (χ1) is 13.1. The van der Waals surface area contributed by atoms with Crippen molar-refractivity contribution < 1.29 is 9.90 Å². The van der Waals surface area contributed by atoms with E-state index in [1.807, 2.05) is 66.3 Å². The van der Waals surface area contributed by atoms with E-state index in [9.17, 15) is 9.90 Å². The van der Waals surface area contributed by atoms with Gasteiger partial charge in [-0.25, -0.2) is 4.79 Å². The topological polar surface area (TPSA) is 71.2 Å². The van der Waals surface area contributed by atoms with Crippen molar-refractivity contribution in [1.29, 1.82) is 0 Å². The normalized spacial score (nSPS) is 19.8. The summed E-state index contributed by atoms with van der Waals surface area (Å²) >= 11 is 0. The standard InChI is InChI=1S/C21H22N4O2/c1-15-18(8-5-11-22-15)20-14-17(9-12-24(20)21(26)27)25-13-10-19(23-25)16-6-3-2-4-7-16/h2-8,10-11,13,17,20H,9,12,14H2,1H3,(H,26,27). The van der Waals surface area contributed by atoms with Crippen LogP contribution in [0.25, 0.3) is 11.3 Å². The maximum Gasteiger partial charge on any atom is 0.407 e. The molecule has 138 valence electrons. The fourth-order valence-electron chi connectivity index (χ4n) is 3.86. The van der Waals surface area contributed by atoms with E-state index >= 15 is 0 Å². The summed E-state index contributed by atoms with van der Waals surface area (Å²) in [6, 6.07) is 15.9. The number of nitrogens with zero attached hydrogens (tertiary/aromatic N) is 4. The van der Waals surface area contributed by atoms with Crippen LogP contribution >= 0.6 is 0 Å². The Kier molecular flexibility index (Phi) is 4.62. The molecule has 1 saturated heterocycles. The minimum Gasteiger partial charge on any atom is -0.465 e. The van der Waals surface area contributed by atoms with E-state index in [0.717, 1.165) is 28.9 Å². The average Bonchev–Trinajstić information content (AvgIpc) is 3.19. The molecule has 6 heteroatoms. The van der Waals surface area contributed by atoms with Crippen molar-refractivity contribution in [2.45, 2.75) is 31.8 Å². The van der Waals surface area contributed by atoms with E-state index in [1.54, 1.807) is 6.20 Å². The summed E-state index contributed by atoms with van der Waals surface area (Å²) in [7, 11) is 0. The van der Waals surface area contributed by atoms with Gasteiger partial charge < -0.3 is 10.0 Å². The smallest absolute Gasteiger partial charge is 0.407 e. The van der Waals surface area contributed by atoms with Crippen LogP contribution in [0.15, 0.2) is 60.9 Å². The van der Waals surface area contributed by atoms with Crippen LogP contribution in [-0.4, -0.2) is 37.4 Å². The summed E-state index contributed by atoms with van der Waals surface area (Å²) in [6.45, 7) is 2.42. The summed E-state index contributed by atoms with van der Waals surface area (Å²) in [5.41, 5.74) is 3.86. The molecule has 0 spiro atoms. The number of carbonyl (C=O) groups is 1. The Labute approximate surface area is 158 Å². The van der Waals surface area contributed by atoms with Gasteiger partial charge in [-0.3, -0.25) is 9.67 Å². The Morgan fingerprint density at radius 1 is 1.15 bits per heavy atom. The van der Waals surface area contributed by atoms with Crippen molar-refractivity contribution in [3.05, 3.63) is 72.2 Å². The van der Waals surface area contributed by atoms with Gasteiger partial charge in [0.2, 0.25) is 0 Å². The molecule has 0 radical (unpaired) electrons. The zero-order valence-electron chi connectivity index (χ0n) is 15.2. The molecular weight excluding hydrogens is 340 g/mol. The van der Waals surface area contributed by atoms with Crippen LogP contribution in [0.4, 0.5) is 4.79 Å². The first-order valence-electron chi connectivity index (χ1n) is 9.15. The number of aromatic nitrogens is 3. The molecule has 27 heavy (non-hydrogen) atoms. The zero-order chi connectivity index (χ0) is 18.8. The maximum absolute atomic E-state index is 11.8. The van der Waals surface area contributed by atoms with Crippen LogP contribution in [0.2, 0.25) is 0 Å². The molecule has 1 N–H and O–H groups in total. The number of aryl methyl sites for hydroxylation is 1. The lowest BCUT2D eigenvalue weighted by Crippen LogP contribution is -2.41. The summed E-state index contributed by atoms with van der Waals surface area (Å²) in [5.74, 6) is 0.